The molecule has 2 aliphatic heterocycles. The van der Waals surface area contributed by atoms with E-state index in [0.29, 0.717) is 6.04 Å². The first kappa shape index (κ1) is 14.1. The first-order valence-electron chi connectivity index (χ1n) is 6.96. The van der Waals surface area contributed by atoms with Gasteiger partial charge in [0.15, 0.2) is 0 Å². The van der Waals surface area contributed by atoms with Crippen LogP contribution in [0.25, 0.3) is 0 Å². The number of carbonyl (C=O) groups excluding carboxylic acids is 2. The van der Waals surface area contributed by atoms with Gasteiger partial charge in [-0.2, -0.15) is 0 Å². The summed E-state index contributed by atoms with van der Waals surface area (Å²) >= 11 is 0. The lowest BCUT2D eigenvalue weighted by molar-refractivity contribution is -0.128. The summed E-state index contributed by atoms with van der Waals surface area (Å²) in [5, 5.41) is 3.44. The van der Waals surface area contributed by atoms with Gasteiger partial charge in [0.05, 0.1) is 6.04 Å². The van der Waals surface area contributed by atoms with Gasteiger partial charge in [0.2, 0.25) is 5.91 Å². The van der Waals surface area contributed by atoms with Gasteiger partial charge in [0, 0.05) is 46.8 Å². The third-order valence-electron chi connectivity index (χ3n) is 4.01. The molecular formula is C13H24N4O2. The van der Waals surface area contributed by atoms with E-state index in [1.54, 1.807) is 23.9 Å². The second-order valence-electron chi connectivity index (χ2n) is 5.71. The maximum absolute atomic E-state index is 11.8. The zero-order valence-electron chi connectivity index (χ0n) is 12.1. The van der Waals surface area contributed by atoms with Gasteiger partial charge >= 0.3 is 6.03 Å². The van der Waals surface area contributed by atoms with Crippen molar-refractivity contribution in [3.8, 4) is 0 Å². The Bertz CT molecular complexity index is 351. The molecule has 0 spiro atoms. The van der Waals surface area contributed by atoms with Crippen LogP contribution in [0.1, 0.15) is 19.3 Å². The highest BCUT2D eigenvalue weighted by Gasteiger charge is 2.32. The number of rotatable bonds is 2. The van der Waals surface area contributed by atoms with Gasteiger partial charge in [0.25, 0.3) is 0 Å². The second kappa shape index (κ2) is 5.77. The average Bonchev–Trinajstić information content (AvgIpc) is 2.71. The van der Waals surface area contributed by atoms with E-state index < -0.39 is 0 Å². The molecule has 0 saturated carbocycles. The molecule has 1 unspecified atom stereocenters. The Morgan fingerprint density at radius 2 is 1.84 bits per heavy atom. The summed E-state index contributed by atoms with van der Waals surface area (Å²) in [5.74, 6) is 0.201. The van der Waals surface area contributed by atoms with E-state index >= 15 is 0 Å². The SMILES string of the molecule is CN(C)C(=O)N1CCC(NC2CCN(C)C2=O)CC1. The molecule has 0 aromatic carbocycles. The van der Waals surface area contributed by atoms with Crippen molar-refractivity contribution in [2.24, 2.45) is 0 Å². The van der Waals surface area contributed by atoms with Crippen LogP contribution in [0.4, 0.5) is 4.79 Å². The van der Waals surface area contributed by atoms with Crippen molar-refractivity contribution < 1.29 is 9.59 Å². The average molecular weight is 268 g/mol. The quantitative estimate of drug-likeness (QED) is 0.764. The highest BCUT2D eigenvalue weighted by atomic mass is 16.2. The highest BCUT2D eigenvalue weighted by Crippen LogP contribution is 2.15. The van der Waals surface area contributed by atoms with Crippen molar-refractivity contribution in [3.63, 3.8) is 0 Å². The maximum atomic E-state index is 11.8. The number of piperidine rings is 1. The smallest absolute Gasteiger partial charge is 0.319 e. The van der Waals surface area contributed by atoms with Gasteiger partial charge in [-0.25, -0.2) is 4.79 Å². The zero-order chi connectivity index (χ0) is 14.0. The van der Waals surface area contributed by atoms with Crippen LogP contribution >= 0.6 is 0 Å². The predicted molar refractivity (Wildman–Crippen MR) is 72.9 cm³/mol. The van der Waals surface area contributed by atoms with Crippen LogP contribution in [-0.4, -0.2) is 79.5 Å². The fourth-order valence-corrected chi connectivity index (χ4v) is 2.78. The Labute approximate surface area is 114 Å². The number of carbonyl (C=O) groups is 2. The Hall–Kier alpha value is -1.30. The van der Waals surface area contributed by atoms with Crippen molar-refractivity contribution in [2.75, 3.05) is 40.8 Å². The number of likely N-dealkylation sites (N-methyl/N-ethyl adjacent to an activating group) is 1. The molecule has 0 radical (unpaired) electrons. The highest BCUT2D eigenvalue weighted by molar-refractivity contribution is 5.83. The van der Waals surface area contributed by atoms with Crippen molar-refractivity contribution in [3.05, 3.63) is 0 Å². The molecule has 2 fully saturated rings. The summed E-state index contributed by atoms with van der Waals surface area (Å²) in [7, 11) is 5.40. The number of nitrogens with zero attached hydrogens (tertiary/aromatic N) is 3. The normalized spacial score (nSPS) is 25.0. The molecule has 1 N–H and O–H groups in total. The predicted octanol–water partition coefficient (Wildman–Crippen LogP) is -0.0473. The summed E-state index contributed by atoms with van der Waals surface area (Å²) in [6.07, 6.45) is 2.74. The van der Waals surface area contributed by atoms with Crippen LogP contribution in [-0.2, 0) is 4.79 Å². The fourth-order valence-electron chi connectivity index (χ4n) is 2.78. The zero-order valence-corrected chi connectivity index (χ0v) is 12.1. The Kier molecular flexibility index (Phi) is 4.29. The molecule has 108 valence electrons. The van der Waals surface area contributed by atoms with Crippen LogP contribution in [0.15, 0.2) is 0 Å². The molecule has 19 heavy (non-hydrogen) atoms. The van der Waals surface area contributed by atoms with E-state index in [1.165, 1.54) is 0 Å². The molecule has 2 saturated heterocycles. The minimum Gasteiger partial charge on any atom is -0.344 e. The van der Waals surface area contributed by atoms with Gasteiger partial charge in [-0.3, -0.25) is 4.79 Å². The first-order valence-corrected chi connectivity index (χ1v) is 6.96. The van der Waals surface area contributed by atoms with Crippen LogP contribution in [0.2, 0.25) is 0 Å². The number of urea groups is 1. The molecule has 0 aromatic heterocycles. The molecular weight excluding hydrogens is 244 g/mol. The third kappa shape index (κ3) is 3.18. The topological polar surface area (TPSA) is 55.9 Å². The number of amides is 3. The lowest BCUT2D eigenvalue weighted by Crippen LogP contribution is -2.51. The number of hydrogen-bond donors (Lipinski definition) is 1. The standard InChI is InChI=1S/C13H24N4O2/c1-15(2)13(19)17-8-4-10(5-9-17)14-11-6-7-16(3)12(11)18/h10-11,14H,4-9H2,1-3H3. The second-order valence-corrected chi connectivity index (χ2v) is 5.71. The summed E-state index contributed by atoms with van der Waals surface area (Å²) in [5.41, 5.74) is 0. The Morgan fingerprint density at radius 3 is 2.32 bits per heavy atom. The van der Waals surface area contributed by atoms with E-state index in [0.717, 1.165) is 38.9 Å². The van der Waals surface area contributed by atoms with E-state index in [2.05, 4.69) is 5.32 Å². The maximum Gasteiger partial charge on any atom is 0.319 e. The molecule has 6 nitrogen and oxygen atoms in total. The largest absolute Gasteiger partial charge is 0.344 e. The first-order chi connectivity index (χ1) is 8.99. The molecule has 2 aliphatic rings. The van der Waals surface area contributed by atoms with E-state index in [-0.39, 0.29) is 18.0 Å². The fraction of sp³-hybridized carbons (Fsp3) is 0.846. The summed E-state index contributed by atoms with van der Waals surface area (Å²) in [4.78, 5) is 28.9. The summed E-state index contributed by atoms with van der Waals surface area (Å²) in [6, 6.07) is 0.410. The van der Waals surface area contributed by atoms with E-state index in [4.69, 9.17) is 0 Å². The summed E-state index contributed by atoms with van der Waals surface area (Å²) < 4.78 is 0. The lowest BCUT2D eigenvalue weighted by Gasteiger charge is -2.34. The third-order valence-corrected chi connectivity index (χ3v) is 4.01. The number of nitrogens with one attached hydrogen (secondary N) is 1. The van der Waals surface area contributed by atoms with Crippen molar-refractivity contribution in [2.45, 2.75) is 31.3 Å². The number of hydrogen-bond acceptors (Lipinski definition) is 3. The Balaban J connectivity index is 1.78. The van der Waals surface area contributed by atoms with Crippen LogP contribution in [0.5, 0.6) is 0 Å². The number of likely N-dealkylation sites (tertiary alicyclic amines) is 2. The van der Waals surface area contributed by atoms with Gasteiger partial charge in [-0.1, -0.05) is 0 Å². The van der Waals surface area contributed by atoms with Crippen LogP contribution in [0.3, 0.4) is 0 Å². The monoisotopic (exact) mass is 268 g/mol. The molecule has 0 aromatic rings. The molecule has 2 heterocycles. The summed E-state index contributed by atoms with van der Waals surface area (Å²) in [6.45, 7) is 2.38. The lowest BCUT2D eigenvalue weighted by atomic mass is 10.0. The Morgan fingerprint density at radius 1 is 1.21 bits per heavy atom. The van der Waals surface area contributed by atoms with Crippen molar-refractivity contribution in [1.29, 1.82) is 0 Å². The van der Waals surface area contributed by atoms with Crippen molar-refractivity contribution >= 4 is 11.9 Å². The molecule has 0 aliphatic carbocycles. The molecule has 6 heteroatoms. The van der Waals surface area contributed by atoms with Crippen LogP contribution in [0, 0.1) is 0 Å². The molecule has 1 atom stereocenters. The molecule has 2 rings (SSSR count). The van der Waals surface area contributed by atoms with E-state index in [1.807, 2.05) is 11.9 Å². The van der Waals surface area contributed by atoms with Crippen molar-refractivity contribution in [1.82, 2.24) is 20.0 Å². The van der Waals surface area contributed by atoms with E-state index in [9.17, 15) is 9.59 Å². The molecule has 3 amide bonds. The van der Waals surface area contributed by atoms with Gasteiger partial charge in [-0.05, 0) is 19.3 Å². The van der Waals surface area contributed by atoms with Gasteiger partial charge in [0.1, 0.15) is 0 Å². The van der Waals surface area contributed by atoms with Crippen LogP contribution < -0.4 is 5.32 Å². The van der Waals surface area contributed by atoms with Gasteiger partial charge < -0.3 is 20.0 Å². The van der Waals surface area contributed by atoms with Gasteiger partial charge in [-0.15, -0.1) is 0 Å². The minimum atomic E-state index is -0.0221. The minimum absolute atomic E-state index is 0.0221. The molecule has 0 bridgehead atoms.